The number of halogens is 3. The Kier molecular flexibility index (Phi) is 6.07. The van der Waals surface area contributed by atoms with Crippen LogP contribution < -0.4 is 20.3 Å². The molecular formula is C20H28F3N3O2. The fourth-order valence-electron chi connectivity index (χ4n) is 4.52. The first-order chi connectivity index (χ1) is 13.2. The molecule has 2 N–H and O–H groups in total. The molecule has 1 aromatic carbocycles. The zero-order valence-corrected chi connectivity index (χ0v) is 16.4. The molecule has 0 aromatic heterocycles. The van der Waals surface area contributed by atoms with Crippen molar-refractivity contribution in [2.24, 2.45) is 17.8 Å². The SMILES string of the molecule is CNC(=O)[C@@H](N[C@H]1CC[C@@H]2CN(c3cccc(OC(F)(F)F)c3)C[C@@H]21)C(C)C. The van der Waals surface area contributed by atoms with Crippen molar-refractivity contribution in [1.82, 2.24) is 10.6 Å². The van der Waals surface area contributed by atoms with Gasteiger partial charge in [-0.1, -0.05) is 19.9 Å². The Hall–Kier alpha value is -1.96. The van der Waals surface area contributed by atoms with Gasteiger partial charge in [-0.3, -0.25) is 4.79 Å². The number of likely N-dealkylation sites (N-methyl/N-ethyl adjacent to an activating group) is 1. The van der Waals surface area contributed by atoms with Gasteiger partial charge in [-0.15, -0.1) is 13.2 Å². The van der Waals surface area contributed by atoms with Crippen LogP contribution >= 0.6 is 0 Å². The second-order valence-corrected chi connectivity index (χ2v) is 8.06. The van der Waals surface area contributed by atoms with Gasteiger partial charge in [0, 0.05) is 37.9 Å². The molecule has 1 aromatic rings. The molecule has 5 nitrogen and oxygen atoms in total. The number of alkyl halides is 3. The minimum Gasteiger partial charge on any atom is -0.406 e. The highest BCUT2D eigenvalue weighted by Gasteiger charge is 2.44. The molecule has 3 rings (SSSR count). The molecule has 0 spiro atoms. The maximum absolute atomic E-state index is 12.5. The molecule has 2 aliphatic rings. The zero-order valence-electron chi connectivity index (χ0n) is 16.4. The summed E-state index contributed by atoms with van der Waals surface area (Å²) in [5.74, 6) is 0.814. The van der Waals surface area contributed by atoms with E-state index < -0.39 is 6.36 Å². The van der Waals surface area contributed by atoms with Crippen LogP contribution in [0.25, 0.3) is 0 Å². The molecule has 156 valence electrons. The number of hydrogen-bond acceptors (Lipinski definition) is 4. The van der Waals surface area contributed by atoms with Crippen LogP contribution in [0.15, 0.2) is 24.3 Å². The lowest BCUT2D eigenvalue weighted by Gasteiger charge is -2.29. The number of carbonyl (C=O) groups excluding carboxylic acids is 1. The molecule has 1 heterocycles. The first-order valence-electron chi connectivity index (χ1n) is 9.76. The summed E-state index contributed by atoms with van der Waals surface area (Å²) in [6, 6.07) is 6.14. The van der Waals surface area contributed by atoms with E-state index in [2.05, 4.69) is 20.3 Å². The van der Waals surface area contributed by atoms with Crippen molar-refractivity contribution in [2.75, 3.05) is 25.0 Å². The predicted molar refractivity (Wildman–Crippen MR) is 101 cm³/mol. The van der Waals surface area contributed by atoms with E-state index in [-0.39, 0.29) is 29.7 Å². The maximum Gasteiger partial charge on any atom is 0.573 e. The highest BCUT2D eigenvalue weighted by Crippen LogP contribution is 2.41. The van der Waals surface area contributed by atoms with E-state index in [1.807, 2.05) is 19.9 Å². The lowest BCUT2D eigenvalue weighted by molar-refractivity contribution is -0.274. The van der Waals surface area contributed by atoms with Crippen molar-refractivity contribution in [3.05, 3.63) is 24.3 Å². The Morgan fingerprint density at radius 3 is 2.64 bits per heavy atom. The molecule has 0 radical (unpaired) electrons. The number of nitrogens with one attached hydrogen (secondary N) is 2. The van der Waals surface area contributed by atoms with Gasteiger partial charge in [-0.2, -0.15) is 0 Å². The number of fused-ring (bicyclic) bond motifs is 1. The summed E-state index contributed by atoms with van der Waals surface area (Å²) in [4.78, 5) is 14.3. The maximum atomic E-state index is 12.5. The monoisotopic (exact) mass is 399 g/mol. The largest absolute Gasteiger partial charge is 0.573 e. The van der Waals surface area contributed by atoms with Crippen LogP contribution in [0.5, 0.6) is 5.75 Å². The minimum atomic E-state index is -4.69. The molecule has 0 unspecified atom stereocenters. The summed E-state index contributed by atoms with van der Waals surface area (Å²) in [6.07, 6.45) is -2.63. The lowest BCUT2D eigenvalue weighted by Crippen LogP contribution is -2.52. The fourth-order valence-corrected chi connectivity index (χ4v) is 4.52. The smallest absolute Gasteiger partial charge is 0.406 e. The van der Waals surface area contributed by atoms with Crippen molar-refractivity contribution >= 4 is 11.6 Å². The summed E-state index contributed by atoms with van der Waals surface area (Å²) in [7, 11) is 1.64. The van der Waals surface area contributed by atoms with Crippen LogP contribution in [0.2, 0.25) is 0 Å². The number of nitrogens with zero attached hydrogens (tertiary/aromatic N) is 1. The van der Waals surface area contributed by atoms with Gasteiger partial charge in [0.2, 0.25) is 5.91 Å². The summed E-state index contributed by atoms with van der Waals surface area (Å²) in [5.41, 5.74) is 0.738. The lowest BCUT2D eigenvalue weighted by atomic mass is 9.95. The highest BCUT2D eigenvalue weighted by molar-refractivity contribution is 5.81. The molecule has 0 bridgehead atoms. The van der Waals surface area contributed by atoms with Crippen LogP contribution in [0.4, 0.5) is 18.9 Å². The standard InChI is InChI=1S/C20H28F3N3O2/c1-12(2)18(19(27)24-3)25-17-8-7-13-10-26(11-16(13)17)14-5-4-6-15(9-14)28-20(21,22)23/h4-6,9,12-13,16-18,25H,7-8,10-11H2,1-3H3,(H,24,27)/t13-,16+,17+,18+/m1/s1. The van der Waals surface area contributed by atoms with Crippen LogP contribution in [0.3, 0.4) is 0 Å². The van der Waals surface area contributed by atoms with Gasteiger partial charge in [0.1, 0.15) is 5.75 Å². The third-order valence-corrected chi connectivity index (χ3v) is 5.86. The molecule has 4 atom stereocenters. The van der Waals surface area contributed by atoms with Gasteiger partial charge in [-0.05, 0) is 42.7 Å². The van der Waals surface area contributed by atoms with Gasteiger partial charge >= 0.3 is 6.36 Å². The van der Waals surface area contributed by atoms with Gasteiger partial charge in [0.25, 0.3) is 0 Å². The predicted octanol–water partition coefficient (Wildman–Crippen LogP) is 3.16. The number of benzene rings is 1. The van der Waals surface area contributed by atoms with Gasteiger partial charge < -0.3 is 20.3 Å². The molecule has 2 fully saturated rings. The summed E-state index contributed by atoms with van der Waals surface area (Å²) < 4.78 is 41.5. The molecule has 1 saturated heterocycles. The summed E-state index contributed by atoms with van der Waals surface area (Å²) >= 11 is 0. The number of hydrogen-bond donors (Lipinski definition) is 2. The number of carbonyl (C=O) groups is 1. The van der Waals surface area contributed by atoms with Crippen LogP contribution in [0, 0.1) is 17.8 Å². The van der Waals surface area contributed by atoms with E-state index in [0.717, 1.165) is 31.6 Å². The van der Waals surface area contributed by atoms with Crippen molar-refractivity contribution in [3.63, 3.8) is 0 Å². The van der Waals surface area contributed by atoms with Gasteiger partial charge in [0.15, 0.2) is 0 Å². The average molecular weight is 399 g/mol. The van der Waals surface area contributed by atoms with Crippen LogP contribution in [-0.2, 0) is 4.79 Å². The molecule has 1 saturated carbocycles. The minimum absolute atomic E-state index is 0.00898. The number of rotatable bonds is 6. The Labute approximate surface area is 163 Å². The van der Waals surface area contributed by atoms with Crippen molar-refractivity contribution < 1.29 is 22.7 Å². The van der Waals surface area contributed by atoms with E-state index in [0.29, 0.717) is 11.8 Å². The van der Waals surface area contributed by atoms with E-state index in [9.17, 15) is 18.0 Å². The van der Waals surface area contributed by atoms with Crippen molar-refractivity contribution in [2.45, 2.75) is 45.1 Å². The first kappa shape index (κ1) is 20.8. The number of anilines is 1. The van der Waals surface area contributed by atoms with E-state index in [1.165, 1.54) is 12.1 Å². The average Bonchev–Trinajstić information content (AvgIpc) is 3.18. The Morgan fingerprint density at radius 1 is 1.25 bits per heavy atom. The van der Waals surface area contributed by atoms with Gasteiger partial charge in [0.05, 0.1) is 6.04 Å². The quantitative estimate of drug-likeness (QED) is 0.772. The van der Waals surface area contributed by atoms with E-state index >= 15 is 0 Å². The Balaban J connectivity index is 1.67. The van der Waals surface area contributed by atoms with Crippen LogP contribution in [0.1, 0.15) is 26.7 Å². The van der Waals surface area contributed by atoms with Crippen LogP contribution in [-0.4, -0.2) is 44.5 Å². The molecule has 1 aliphatic carbocycles. The van der Waals surface area contributed by atoms with E-state index in [1.54, 1.807) is 13.1 Å². The van der Waals surface area contributed by atoms with Crippen molar-refractivity contribution in [1.29, 1.82) is 0 Å². The summed E-state index contributed by atoms with van der Waals surface area (Å²) in [5, 5.41) is 6.26. The third-order valence-electron chi connectivity index (χ3n) is 5.86. The topological polar surface area (TPSA) is 53.6 Å². The normalized spacial score (nSPS) is 25.7. The molecule has 1 aliphatic heterocycles. The Morgan fingerprint density at radius 2 is 2.00 bits per heavy atom. The van der Waals surface area contributed by atoms with Crippen molar-refractivity contribution in [3.8, 4) is 5.75 Å². The number of ether oxygens (including phenoxy) is 1. The third kappa shape index (κ3) is 4.71. The molecule has 28 heavy (non-hydrogen) atoms. The highest BCUT2D eigenvalue weighted by atomic mass is 19.4. The summed E-state index contributed by atoms with van der Waals surface area (Å²) in [6.45, 7) is 5.61. The van der Waals surface area contributed by atoms with E-state index in [4.69, 9.17) is 0 Å². The number of amides is 1. The Bertz CT molecular complexity index is 696. The van der Waals surface area contributed by atoms with Gasteiger partial charge in [-0.25, -0.2) is 0 Å². The molecular weight excluding hydrogens is 371 g/mol. The second-order valence-electron chi connectivity index (χ2n) is 8.06. The molecule has 1 amide bonds. The fraction of sp³-hybridized carbons (Fsp3) is 0.650. The zero-order chi connectivity index (χ0) is 20.5. The molecule has 8 heteroatoms. The second kappa shape index (κ2) is 8.19. The first-order valence-corrected chi connectivity index (χ1v) is 9.76.